The largest absolute Gasteiger partial charge is 0.396 e. The van der Waals surface area contributed by atoms with E-state index in [1.807, 2.05) is 13.0 Å². The van der Waals surface area contributed by atoms with Crippen molar-refractivity contribution in [1.82, 2.24) is 19.9 Å². The molecule has 0 aromatic carbocycles. The van der Waals surface area contributed by atoms with Crippen LogP contribution in [0.4, 0.5) is 11.6 Å². The molecule has 6 nitrogen and oxygen atoms in total. The van der Waals surface area contributed by atoms with E-state index in [-0.39, 0.29) is 0 Å². The minimum absolute atomic E-state index is 0.533. The van der Waals surface area contributed by atoms with Crippen molar-refractivity contribution >= 4 is 11.6 Å². The average molecular weight is 216 g/mol. The van der Waals surface area contributed by atoms with Crippen molar-refractivity contribution in [3.63, 3.8) is 0 Å². The van der Waals surface area contributed by atoms with E-state index in [0.29, 0.717) is 18.2 Å². The van der Waals surface area contributed by atoms with Gasteiger partial charge in [0.2, 0.25) is 5.95 Å². The summed E-state index contributed by atoms with van der Waals surface area (Å²) in [6.07, 6.45) is 4.84. The average Bonchev–Trinajstić information content (AvgIpc) is 2.28. The smallest absolute Gasteiger partial charge is 0.223 e. The predicted molar refractivity (Wildman–Crippen MR) is 60.5 cm³/mol. The monoisotopic (exact) mass is 216 g/mol. The van der Waals surface area contributed by atoms with Gasteiger partial charge < -0.3 is 11.1 Å². The Hall–Kier alpha value is -2.24. The van der Waals surface area contributed by atoms with Gasteiger partial charge in [-0.1, -0.05) is 0 Å². The van der Waals surface area contributed by atoms with E-state index in [1.54, 1.807) is 18.6 Å². The van der Waals surface area contributed by atoms with Crippen molar-refractivity contribution in [2.45, 2.75) is 13.5 Å². The molecule has 0 radical (unpaired) electrons. The van der Waals surface area contributed by atoms with Gasteiger partial charge in [-0.05, 0) is 13.0 Å². The van der Waals surface area contributed by atoms with Gasteiger partial charge in [-0.3, -0.25) is 0 Å². The summed E-state index contributed by atoms with van der Waals surface area (Å²) in [6, 6.07) is 1.84. The van der Waals surface area contributed by atoms with Crippen molar-refractivity contribution in [2.75, 3.05) is 11.1 Å². The van der Waals surface area contributed by atoms with Crippen LogP contribution in [0.5, 0.6) is 0 Å². The minimum atomic E-state index is 0.533. The molecule has 0 aliphatic rings. The Morgan fingerprint density at radius 2 is 2.00 bits per heavy atom. The normalized spacial score (nSPS) is 10.1. The van der Waals surface area contributed by atoms with Gasteiger partial charge in [0.25, 0.3) is 0 Å². The van der Waals surface area contributed by atoms with Crippen LogP contribution >= 0.6 is 0 Å². The lowest BCUT2D eigenvalue weighted by Crippen LogP contribution is -2.06. The van der Waals surface area contributed by atoms with Crippen molar-refractivity contribution in [1.29, 1.82) is 0 Å². The number of anilines is 2. The number of hydrogen-bond acceptors (Lipinski definition) is 6. The molecule has 2 aromatic rings. The van der Waals surface area contributed by atoms with E-state index in [1.165, 1.54) is 0 Å². The molecule has 0 atom stereocenters. The summed E-state index contributed by atoms with van der Waals surface area (Å²) in [6.45, 7) is 2.41. The number of nitrogens with zero attached hydrogens (tertiary/aromatic N) is 4. The van der Waals surface area contributed by atoms with E-state index in [4.69, 9.17) is 5.73 Å². The first-order chi connectivity index (χ1) is 7.74. The molecule has 0 unspecified atom stereocenters. The zero-order chi connectivity index (χ0) is 11.4. The molecule has 0 amide bonds. The number of aromatic nitrogens is 4. The van der Waals surface area contributed by atoms with Crippen LogP contribution in [0.3, 0.4) is 0 Å². The lowest BCUT2D eigenvalue weighted by molar-refractivity contribution is 0.941. The maximum Gasteiger partial charge on any atom is 0.223 e. The first kappa shape index (κ1) is 10.3. The zero-order valence-electron chi connectivity index (χ0n) is 8.88. The van der Waals surface area contributed by atoms with Crippen LogP contribution in [0.1, 0.15) is 11.5 Å². The van der Waals surface area contributed by atoms with Crippen LogP contribution < -0.4 is 11.1 Å². The van der Waals surface area contributed by atoms with Gasteiger partial charge >= 0.3 is 0 Å². The molecule has 0 aliphatic carbocycles. The molecule has 2 aromatic heterocycles. The summed E-state index contributed by atoms with van der Waals surface area (Å²) < 4.78 is 0. The molecule has 0 saturated heterocycles. The number of nitrogen functional groups attached to an aromatic ring is 1. The van der Waals surface area contributed by atoms with E-state index in [0.717, 1.165) is 11.5 Å². The molecule has 2 rings (SSSR count). The third-order valence-corrected chi connectivity index (χ3v) is 1.93. The summed E-state index contributed by atoms with van der Waals surface area (Å²) >= 11 is 0. The third-order valence-electron chi connectivity index (χ3n) is 1.93. The van der Waals surface area contributed by atoms with Crippen LogP contribution in [-0.4, -0.2) is 19.9 Å². The third kappa shape index (κ3) is 2.63. The maximum absolute atomic E-state index is 5.48. The van der Waals surface area contributed by atoms with Gasteiger partial charge in [0.15, 0.2) is 0 Å². The number of hydrogen-bond donors (Lipinski definition) is 2. The quantitative estimate of drug-likeness (QED) is 0.787. The Balaban J connectivity index is 1.99. The first-order valence-electron chi connectivity index (χ1n) is 4.84. The second-order valence-electron chi connectivity index (χ2n) is 3.29. The molecular formula is C10H12N6. The summed E-state index contributed by atoms with van der Waals surface area (Å²) in [7, 11) is 0. The Morgan fingerprint density at radius 1 is 1.25 bits per heavy atom. The van der Waals surface area contributed by atoms with E-state index in [9.17, 15) is 0 Å². The molecule has 6 heteroatoms. The fourth-order valence-corrected chi connectivity index (χ4v) is 1.20. The topological polar surface area (TPSA) is 89.6 Å². The molecule has 0 fully saturated rings. The number of rotatable bonds is 3. The number of nitrogens with two attached hydrogens (primary N) is 1. The highest BCUT2D eigenvalue weighted by molar-refractivity contribution is 5.36. The molecule has 2 heterocycles. The summed E-state index contributed by atoms with van der Waals surface area (Å²) in [4.78, 5) is 16.3. The van der Waals surface area contributed by atoms with E-state index in [2.05, 4.69) is 25.3 Å². The lowest BCUT2D eigenvalue weighted by atomic mass is 10.4. The Morgan fingerprint density at radius 3 is 2.69 bits per heavy atom. The van der Waals surface area contributed by atoms with Gasteiger partial charge in [0, 0.05) is 6.20 Å². The minimum Gasteiger partial charge on any atom is -0.396 e. The van der Waals surface area contributed by atoms with Crippen molar-refractivity contribution < 1.29 is 0 Å². The van der Waals surface area contributed by atoms with Crippen LogP contribution in [0.25, 0.3) is 0 Å². The molecule has 0 bridgehead atoms. The van der Waals surface area contributed by atoms with Crippen LogP contribution in [0.2, 0.25) is 0 Å². The first-order valence-corrected chi connectivity index (χ1v) is 4.84. The fraction of sp³-hybridized carbons (Fsp3) is 0.200. The Kier molecular flexibility index (Phi) is 2.90. The standard InChI is InChI=1S/C10H12N6/c1-7-12-3-2-9(16-7)6-15-10-13-4-8(11)5-14-10/h2-5H,6,11H2,1H3,(H,13,14,15). The van der Waals surface area contributed by atoms with Gasteiger partial charge in [0.05, 0.1) is 30.3 Å². The van der Waals surface area contributed by atoms with E-state index >= 15 is 0 Å². The van der Waals surface area contributed by atoms with Gasteiger partial charge in [-0.2, -0.15) is 0 Å². The molecule has 0 aliphatic heterocycles. The van der Waals surface area contributed by atoms with E-state index < -0.39 is 0 Å². The highest BCUT2D eigenvalue weighted by Crippen LogP contribution is 2.03. The molecular weight excluding hydrogens is 204 g/mol. The molecule has 16 heavy (non-hydrogen) atoms. The second-order valence-corrected chi connectivity index (χ2v) is 3.29. The Labute approximate surface area is 93.0 Å². The lowest BCUT2D eigenvalue weighted by Gasteiger charge is -2.04. The van der Waals surface area contributed by atoms with Crippen LogP contribution in [0.15, 0.2) is 24.7 Å². The zero-order valence-corrected chi connectivity index (χ0v) is 8.88. The highest BCUT2D eigenvalue weighted by Gasteiger charge is 1.98. The maximum atomic E-state index is 5.48. The van der Waals surface area contributed by atoms with Gasteiger partial charge in [-0.15, -0.1) is 0 Å². The van der Waals surface area contributed by atoms with Crippen LogP contribution in [0, 0.1) is 6.92 Å². The summed E-state index contributed by atoms with van der Waals surface area (Å²) in [5, 5.41) is 3.05. The van der Waals surface area contributed by atoms with Gasteiger partial charge in [0.1, 0.15) is 5.82 Å². The molecule has 0 spiro atoms. The summed E-state index contributed by atoms with van der Waals surface area (Å²) in [5.41, 5.74) is 6.92. The molecule has 3 N–H and O–H groups in total. The SMILES string of the molecule is Cc1nccc(CNc2ncc(N)cn2)n1. The van der Waals surface area contributed by atoms with Crippen molar-refractivity contribution in [2.24, 2.45) is 0 Å². The molecule has 0 saturated carbocycles. The fourth-order valence-electron chi connectivity index (χ4n) is 1.20. The number of nitrogens with one attached hydrogen (secondary N) is 1. The number of aryl methyl sites for hydroxylation is 1. The summed E-state index contributed by atoms with van der Waals surface area (Å²) in [5.74, 6) is 1.28. The second kappa shape index (κ2) is 4.52. The van der Waals surface area contributed by atoms with Gasteiger partial charge in [-0.25, -0.2) is 19.9 Å². The van der Waals surface area contributed by atoms with Crippen molar-refractivity contribution in [3.05, 3.63) is 36.2 Å². The Bertz CT molecular complexity index is 467. The van der Waals surface area contributed by atoms with Crippen LogP contribution in [-0.2, 0) is 6.54 Å². The predicted octanol–water partition coefficient (Wildman–Crippen LogP) is 0.769. The molecule has 82 valence electrons. The van der Waals surface area contributed by atoms with Crippen molar-refractivity contribution in [3.8, 4) is 0 Å². The highest BCUT2D eigenvalue weighted by atomic mass is 15.1.